The summed E-state index contributed by atoms with van der Waals surface area (Å²) in [7, 11) is 1.10. The number of benzene rings is 2. The standard InChI is InChI=1S/C16H11F3N2OS/c1-21(15(22)16(17,18)19)11-8-6-10(7-9-11)14-20-12-4-2-3-5-13(12)23-14/h2-9H,1H3. The van der Waals surface area contributed by atoms with Gasteiger partial charge in [0.25, 0.3) is 0 Å². The molecule has 1 heterocycles. The molecule has 0 saturated carbocycles. The number of para-hydroxylation sites is 1. The number of thiazole rings is 1. The van der Waals surface area contributed by atoms with E-state index in [0.717, 1.165) is 27.8 Å². The molecule has 0 aliphatic rings. The van der Waals surface area contributed by atoms with Crippen LogP contribution in [0, 0.1) is 0 Å². The van der Waals surface area contributed by atoms with E-state index in [9.17, 15) is 18.0 Å². The minimum Gasteiger partial charge on any atom is -0.308 e. The molecule has 2 aromatic carbocycles. The second-order valence-corrected chi connectivity index (χ2v) is 5.93. The third kappa shape index (κ3) is 3.05. The van der Waals surface area contributed by atoms with Crippen molar-refractivity contribution in [2.24, 2.45) is 0 Å². The van der Waals surface area contributed by atoms with Crippen molar-refractivity contribution in [1.82, 2.24) is 4.98 Å². The summed E-state index contributed by atoms with van der Waals surface area (Å²) in [6.45, 7) is 0. The molecule has 3 rings (SSSR count). The van der Waals surface area contributed by atoms with Crippen LogP contribution in [0.15, 0.2) is 48.5 Å². The molecule has 1 aromatic heterocycles. The normalized spacial score (nSPS) is 11.7. The molecule has 118 valence electrons. The zero-order valence-electron chi connectivity index (χ0n) is 12.0. The summed E-state index contributed by atoms with van der Waals surface area (Å²) in [5.74, 6) is -1.90. The molecule has 0 saturated heterocycles. The Morgan fingerprint density at radius 3 is 2.35 bits per heavy atom. The molecule has 0 radical (unpaired) electrons. The van der Waals surface area contributed by atoms with Gasteiger partial charge in [-0.2, -0.15) is 13.2 Å². The number of nitrogens with zero attached hydrogens (tertiary/aromatic N) is 2. The van der Waals surface area contributed by atoms with Gasteiger partial charge in [-0.3, -0.25) is 4.79 Å². The van der Waals surface area contributed by atoms with E-state index in [0.29, 0.717) is 4.90 Å². The van der Waals surface area contributed by atoms with Gasteiger partial charge in [0.05, 0.1) is 10.2 Å². The molecule has 0 fully saturated rings. The van der Waals surface area contributed by atoms with E-state index in [1.165, 1.54) is 23.5 Å². The van der Waals surface area contributed by atoms with Crippen molar-refractivity contribution in [3.8, 4) is 10.6 Å². The Kier molecular flexibility index (Phi) is 3.81. The summed E-state index contributed by atoms with van der Waals surface area (Å²) in [5, 5.41) is 0.780. The van der Waals surface area contributed by atoms with E-state index in [-0.39, 0.29) is 5.69 Å². The van der Waals surface area contributed by atoms with E-state index in [1.807, 2.05) is 24.3 Å². The van der Waals surface area contributed by atoms with E-state index in [4.69, 9.17) is 0 Å². The number of hydrogen-bond donors (Lipinski definition) is 0. The van der Waals surface area contributed by atoms with E-state index >= 15 is 0 Å². The zero-order chi connectivity index (χ0) is 16.6. The molecule has 0 aliphatic carbocycles. The highest BCUT2D eigenvalue weighted by Gasteiger charge is 2.41. The van der Waals surface area contributed by atoms with Crippen LogP contribution in [0.25, 0.3) is 20.8 Å². The first-order valence-electron chi connectivity index (χ1n) is 6.67. The summed E-state index contributed by atoms with van der Waals surface area (Å²) >= 11 is 1.50. The number of fused-ring (bicyclic) bond motifs is 1. The predicted octanol–water partition coefficient (Wildman–Crippen LogP) is 4.49. The molecule has 1 amide bonds. The van der Waals surface area contributed by atoms with Crippen molar-refractivity contribution in [2.45, 2.75) is 6.18 Å². The lowest BCUT2D eigenvalue weighted by Gasteiger charge is -2.18. The molecule has 3 aromatic rings. The van der Waals surface area contributed by atoms with Gasteiger partial charge in [0.1, 0.15) is 5.01 Å². The van der Waals surface area contributed by atoms with Gasteiger partial charge in [0.2, 0.25) is 0 Å². The van der Waals surface area contributed by atoms with Crippen molar-refractivity contribution in [3.63, 3.8) is 0 Å². The topological polar surface area (TPSA) is 33.2 Å². The van der Waals surface area contributed by atoms with E-state index in [2.05, 4.69) is 4.98 Å². The average Bonchev–Trinajstić information content (AvgIpc) is 2.96. The van der Waals surface area contributed by atoms with Crippen LogP contribution >= 0.6 is 11.3 Å². The second-order valence-electron chi connectivity index (χ2n) is 4.90. The van der Waals surface area contributed by atoms with Gasteiger partial charge in [-0.05, 0) is 36.4 Å². The summed E-state index contributed by atoms with van der Waals surface area (Å²) in [6, 6.07) is 14.0. The highest BCUT2D eigenvalue weighted by atomic mass is 32.1. The maximum atomic E-state index is 12.4. The number of halogens is 3. The Labute approximate surface area is 134 Å². The molecule has 0 atom stereocenters. The molecular weight excluding hydrogens is 325 g/mol. The SMILES string of the molecule is CN(C(=O)C(F)(F)F)c1ccc(-c2nc3ccccc3s2)cc1. The number of carbonyl (C=O) groups excluding carboxylic acids is 1. The van der Waals surface area contributed by atoms with Crippen LogP contribution in [-0.2, 0) is 4.79 Å². The van der Waals surface area contributed by atoms with Crippen molar-refractivity contribution < 1.29 is 18.0 Å². The Morgan fingerprint density at radius 1 is 1.09 bits per heavy atom. The summed E-state index contributed by atoms with van der Waals surface area (Å²) in [5.41, 5.74) is 1.85. The number of hydrogen-bond acceptors (Lipinski definition) is 3. The first kappa shape index (κ1) is 15.5. The number of alkyl halides is 3. The fourth-order valence-electron chi connectivity index (χ4n) is 2.13. The number of rotatable bonds is 2. The average molecular weight is 336 g/mol. The third-order valence-corrected chi connectivity index (χ3v) is 4.43. The minimum atomic E-state index is -4.89. The molecule has 0 bridgehead atoms. The van der Waals surface area contributed by atoms with Crippen LogP contribution < -0.4 is 4.90 Å². The van der Waals surface area contributed by atoms with Crippen LogP contribution in [0.4, 0.5) is 18.9 Å². The van der Waals surface area contributed by atoms with Crippen LogP contribution in [0.1, 0.15) is 0 Å². The highest BCUT2D eigenvalue weighted by Crippen LogP contribution is 2.31. The fourth-order valence-corrected chi connectivity index (χ4v) is 3.10. The second kappa shape index (κ2) is 5.66. The third-order valence-electron chi connectivity index (χ3n) is 3.34. The van der Waals surface area contributed by atoms with Crippen LogP contribution in [-0.4, -0.2) is 24.1 Å². The smallest absolute Gasteiger partial charge is 0.308 e. The van der Waals surface area contributed by atoms with Gasteiger partial charge in [0, 0.05) is 18.3 Å². The maximum Gasteiger partial charge on any atom is 0.471 e. The van der Waals surface area contributed by atoms with Gasteiger partial charge >= 0.3 is 12.1 Å². The van der Waals surface area contributed by atoms with E-state index in [1.54, 1.807) is 12.1 Å². The number of amides is 1. The number of carbonyl (C=O) groups is 1. The zero-order valence-corrected chi connectivity index (χ0v) is 12.8. The molecule has 23 heavy (non-hydrogen) atoms. The Bertz CT molecular complexity index is 823. The fraction of sp³-hybridized carbons (Fsp3) is 0.125. The van der Waals surface area contributed by atoms with Gasteiger partial charge in [-0.25, -0.2) is 4.98 Å². The summed E-state index contributed by atoms with van der Waals surface area (Å²) < 4.78 is 38.4. The van der Waals surface area contributed by atoms with Crippen molar-refractivity contribution in [3.05, 3.63) is 48.5 Å². The van der Waals surface area contributed by atoms with Crippen molar-refractivity contribution in [2.75, 3.05) is 11.9 Å². The minimum absolute atomic E-state index is 0.178. The monoisotopic (exact) mass is 336 g/mol. The Balaban J connectivity index is 1.88. The van der Waals surface area contributed by atoms with Gasteiger partial charge < -0.3 is 4.90 Å². The lowest BCUT2D eigenvalue weighted by Crippen LogP contribution is -2.38. The number of anilines is 1. The lowest BCUT2D eigenvalue weighted by molar-refractivity contribution is -0.170. The molecule has 0 N–H and O–H groups in total. The van der Waals surface area contributed by atoms with E-state index < -0.39 is 12.1 Å². The molecular formula is C16H11F3N2OS. The first-order chi connectivity index (χ1) is 10.9. The maximum absolute atomic E-state index is 12.4. The van der Waals surface area contributed by atoms with Gasteiger partial charge in [0.15, 0.2) is 0 Å². The van der Waals surface area contributed by atoms with Crippen LogP contribution in [0.3, 0.4) is 0 Å². The first-order valence-corrected chi connectivity index (χ1v) is 7.49. The van der Waals surface area contributed by atoms with Crippen LogP contribution in [0.2, 0.25) is 0 Å². The van der Waals surface area contributed by atoms with Crippen LogP contribution in [0.5, 0.6) is 0 Å². The van der Waals surface area contributed by atoms with Gasteiger partial charge in [-0.1, -0.05) is 12.1 Å². The highest BCUT2D eigenvalue weighted by molar-refractivity contribution is 7.21. The molecule has 7 heteroatoms. The lowest BCUT2D eigenvalue weighted by atomic mass is 10.2. The summed E-state index contributed by atoms with van der Waals surface area (Å²) in [6.07, 6.45) is -4.89. The molecule has 0 spiro atoms. The van der Waals surface area contributed by atoms with Crippen molar-refractivity contribution >= 4 is 33.1 Å². The quantitative estimate of drug-likeness (QED) is 0.691. The Hall–Kier alpha value is -2.41. The number of aromatic nitrogens is 1. The summed E-state index contributed by atoms with van der Waals surface area (Å²) in [4.78, 5) is 16.3. The van der Waals surface area contributed by atoms with Crippen molar-refractivity contribution in [1.29, 1.82) is 0 Å². The largest absolute Gasteiger partial charge is 0.471 e. The predicted molar refractivity (Wildman–Crippen MR) is 84.5 cm³/mol. The van der Waals surface area contributed by atoms with Gasteiger partial charge in [-0.15, -0.1) is 11.3 Å². The molecule has 0 unspecified atom stereocenters. The molecule has 0 aliphatic heterocycles. The Morgan fingerprint density at radius 2 is 1.74 bits per heavy atom. The molecule has 3 nitrogen and oxygen atoms in total.